The molecular weight excluding hydrogens is 336 g/mol. The van der Waals surface area contributed by atoms with E-state index in [1.54, 1.807) is 0 Å². The van der Waals surface area contributed by atoms with E-state index in [1.807, 2.05) is 12.1 Å². The minimum absolute atomic E-state index is 0. The maximum absolute atomic E-state index is 12.9. The van der Waals surface area contributed by atoms with Crippen molar-refractivity contribution in [3.05, 3.63) is 36.0 Å². The number of H-pyrrole nitrogens is 1. The van der Waals surface area contributed by atoms with Gasteiger partial charge in [-0.05, 0) is 43.5 Å². The first-order valence-electron chi connectivity index (χ1n) is 9.08. The lowest BCUT2D eigenvalue weighted by atomic mass is 9.97. The van der Waals surface area contributed by atoms with Gasteiger partial charge in [0.15, 0.2) is 5.78 Å². The Bertz CT molecular complexity index is 677. The highest BCUT2D eigenvalue weighted by molar-refractivity contribution is 5.89. The number of para-hydroxylation sites is 1. The molecule has 6 heteroatoms. The van der Waals surface area contributed by atoms with Crippen LogP contribution < -0.4 is 10.6 Å². The smallest absolute Gasteiger partial charge is 0.157 e. The largest absolute Gasteiger partial charge is 0.358 e. The third-order valence-electron chi connectivity index (χ3n) is 5.25. The third-order valence-corrected chi connectivity index (χ3v) is 5.25. The molecule has 4 rings (SSSR count). The van der Waals surface area contributed by atoms with Gasteiger partial charge in [0.25, 0.3) is 0 Å². The summed E-state index contributed by atoms with van der Waals surface area (Å²) in [5, 5.41) is 8.17. The van der Waals surface area contributed by atoms with Crippen molar-refractivity contribution in [2.24, 2.45) is 0 Å². The van der Waals surface area contributed by atoms with Crippen LogP contribution in [-0.2, 0) is 11.2 Å². The van der Waals surface area contributed by atoms with E-state index in [0.717, 1.165) is 30.8 Å². The fourth-order valence-electron chi connectivity index (χ4n) is 4.02. The van der Waals surface area contributed by atoms with Crippen molar-refractivity contribution in [1.82, 2.24) is 20.5 Å². The second kappa shape index (κ2) is 8.32. The summed E-state index contributed by atoms with van der Waals surface area (Å²) in [7, 11) is 0. The highest BCUT2D eigenvalue weighted by Gasteiger charge is 2.32. The Kier molecular flexibility index (Phi) is 6.12. The number of carbonyl (C=O) groups is 1. The van der Waals surface area contributed by atoms with Crippen LogP contribution in [0, 0.1) is 0 Å². The van der Waals surface area contributed by atoms with Gasteiger partial charge < -0.3 is 20.5 Å². The summed E-state index contributed by atoms with van der Waals surface area (Å²) < 4.78 is 0. The van der Waals surface area contributed by atoms with Gasteiger partial charge in [0.05, 0.1) is 6.04 Å². The maximum atomic E-state index is 12.9. The average molecular weight is 363 g/mol. The standard InChI is InChI=1S/C19H26N4O.ClH/c24-18(12-15-11-14-5-1-2-6-16(14)22-15)19-17(20-7-8-21-19)13-23-9-3-4-10-23;/h1-2,5-6,11,17,19-22H,3-4,7-10,12-13H2;1H. The summed E-state index contributed by atoms with van der Waals surface area (Å²) in [6, 6.07) is 10.4. The minimum atomic E-state index is -0.0919. The van der Waals surface area contributed by atoms with Crippen molar-refractivity contribution in [1.29, 1.82) is 0 Å². The molecule has 5 nitrogen and oxygen atoms in total. The van der Waals surface area contributed by atoms with E-state index in [0.29, 0.717) is 6.42 Å². The van der Waals surface area contributed by atoms with Crippen LogP contribution in [0.3, 0.4) is 0 Å². The number of benzene rings is 1. The van der Waals surface area contributed by atoms with Crippen molar-refractivity contribution >= 4 is 29.1 Å². The summed E-state index contributed by atoms with van der Waals surface area (Å²) >= 11 is 0. The summed E-state index contributed by atoms with van der Waals surface area (Å²) in [5.74, 6) is 0.276. The second-order valence-corrected chi connectivity index (χ2v) is 7.03. The zero-order valence-electron chi connectivity index (χ0n) is 14.5. The van der Waals surface area contributed by atoms with E-state index in [-0.39, 0.29) is 30.3 Å². The molecule has 0 bridgehead atoms. The zero-order chi connectivity index (χ0) is 16.4. The molecule has 25 heavy (non-hydrogen) atoms. The number of carbonyl (C=O) groups excluding carboxylic acids is 1. The van der Waals surface area contributed by atoms with E-state index in [4.69, 9.17) is 0 Å². The first-order chi connectivity index (χ1) is 11.8. The van der Waals surface area contributed by atoms with E-state index < -0.39 is 0 Å². The van der Waals surface area contributed by atoms with Gasteiger partial charge in [0, 0.05) is 43.3 Å². The topological polar surface area (TPSA) is 60.2 Å². The molecule has 0 aliphatic carbocycles. The summed E-state index contributed by atoms with van der Waals surface area (Å²) in [6.45, 7) is 5.10. The number of nitrogens with zero attached hydrogens (tertiary/aromatic N) is 1. The Balaban J connectivity index is 0.00000182. The quantitative estimate of drug-likeness (QED) is 0.758. The molecule has 1 aromatic heterocycles. The monoisotopic (exact) mass is 362 g/mol. The van der Waals surface area contributed by atoms with Gasteiger partial charge in [0.2, 0.25) is 0 Å². The van der Waals surface area contributed by atoms with Gasteiger partial charge >= 0.3 is 0 Å². The van der Waals surface area contributed by atoms with Crippen molar-refractivity contribution < 1.29 is 4.79 Å². The normalized spacial score (nSPS) is 24.3. The van der Waals surface area contributed by atoms with Crippen molar-refractivity contribution in [3.8, 4) is 0 Å². The lowest BCUT2D eigenvalue weighted by Crippen LogP contribution is -2.62. The van der Waals surface area contributed by atoms with Gasteiger partial charge in [-0.2, -0.15) is 0 Å². The van der Waals surface area contributed by atoms with Gasteiger partial charge in [-0.1, -0.05) is 18.2 Å². The SMILES string of the molecule is Cl.O=C(Cc1cc2ccccc2[nH]1)C1NCCNC1CN1CCCC1. The van der Waals surface area contributed by atoms with Gasteiger partial charge in [0.1, 0.15) is 0 Å². The molecule has 1 aromatic carbocycles. The summed E-state index contributed by atoms with van der Waals surface area (Å²) in [5.41, 5.74) is 2.11. The molecule has 2 aliphatic heterocycles. The van der Waals surface area contributed by atoms with Crippen LogP contribution in [0.1, 0.15) is 18.5 Å². The van der Waals surface area contributed by atoms with E-state index >= 15 is 0 Å². The number of aromatic amines is 1. The molecular formula is C19H27ClN4O. The molecule has 2 fully saturated rings. The number of rotatable bonds is 5. The Hall–Kier alpha value is -1.40. The molecule has 0 amide bonds. The molecule has 2 aromatic rings. The highest BCUT2D eigenvalue weighted by atomic mass is 35.5. The molecule has 2 atom stereocenters. The van der Waals surface area contributed by atoms with Crippen LogP contribution in [0.25, 0.3) is 10.9 Å². The number of halogens is 1. The number of Topliss-reactive ketones (excluding diaryl/α,β-unsaturated/α-hetero) is 1. The van der Waals surface area contributed by atoms with Crippen molar-refractivity contribution in [2.45, 2.75) is 31.3 Å². The predicted octanol–water partition coefficient (Wildman–Crippen LogP) is 1.73. The number of likely N-dealkylation sites (tertiary alicyclic amines) is 1. The van der Waals surface area contributed by atoms with E-state index in [1.165, 1.54) is 31.3 Å². The van der Waals surface area contributed by atoms with E-state index in [2.05, 4.69) is 38.7 Å². The Morgan fingerprint density at radius 2 is 1.88 bits per heavy atom. The van der Waals surface area contributed by atoms with Gasteiger partial charge in [-0.25, -0.2) is 0 Å². The predicted molar refractivity (Wildman–Crippen MR) is 104 cm³/mol. The van der Waals surface area contributed by atoms with Crippen LogP contribution in [-0.4, -0.2) is 60.5 Å². The van der Waals surface area contributed by atoms with Crippen LogP contribution in [0.2, 0.25) is 0 Å². The molecule has 2 unspecified atom stereocenters. The molecule has 3 heterocycles. The number of hydrogen-bond donors (Lipinski definition) is 3. The molecule has 0 radical (unpaired) electrons. The number of nitrogens with one attached hydrogen (secondary N) is 3. The Morgan fingerprint density at radius 1 is 1.12 bits per heavy atom. The molecule has 2 aliphatic rings. The molecule has 2 saturated heterocycles. The fraction of sp³-hybridized carbons (Fsp3) is 0.526. The van der Waals surface area contributed by atoms with Crippen LogP contribution in [0.4, 0.5) is 0 Å². The van der Waals surface area contributed by atoms with E-state index in [9.17, 15) is 4.79 Å². The Labute approximate surface area is 154 Å². The van der Waals surface area contributed by atoms with Crippen LogP contribution >= 0.6 is 12.4 Å². The molecule has 136 valence electrons. The third kappa shape index (κ3) is 4.23. The minimum Gasteiger partial charge on any atom is -0.358 e. The van der Waals surface area contributed by atoms with Crippen LogP contribution in [0.15, 0.2) is 30.3 Å². The average Bonchev–Trinajstić information content (AvgIpc) is 3.24. The number of piperazine rings is 1. The molecule has 0 spiro atoms. The lowest BCUT2D eigenvalue weighted by molar-refractivity contribution is -0.121. The van der Waals surface area contributed by atoms with Crippen molar-refractivity contribution in [3.63, 3.8) is 0 Å². The maximum Gasteiger partial charge on any atom is 0.157 e. The first kappa shape index (κ1) is 18.4. The number of hydrogen-bond acceptors (Lipinski definition) is 4. The van der Waals surface area contributed by atoms with Gasteiger partial charge in [-0.3, -0.25) is 4.79 Å². The molecule has 0 saturated carbocycles. The second-order valence-electron chi connectivity index (χ2n) is 7.03. The van der Waals surface area contributed by atoms with Gasteiger partial charge in [-0.15, -0.1) is 12.4 Å². The summed E-state index contributed by atoms with van der Waals surface area (Å²) in [4.78, 5) is 18.7. The summed E-state index contributed by atoms with van der Waals surface area (Å²) in [6.07, 6.45) is 3.03. The fourth-order valence-corrected chi connectivity index (χ4v) is 4.02. The number of aromatic nitrogens is 1. The number of ketones is 1. The lowest BCUT2D eigenvalue weighted by Gasteiger charge is -2.35. The molecule has 3 N–H and O–H groups in total. The van der Waals surface area contributed by atoms with Crippen LogP contribution in [0.5, 0.6) is 0 Å². The zero-order valence-corrected chi connectivity index (χ0v) is 15.3. The first-order valence-corrected chi connectivity index (χ1v) is 9.08. The number of fused-ring (bicyclic) bond motifs is 1. The Morgan fingerprint density at radius 3 is 2.68 bits per heavy atom. The van der Waals surface area contributed by atoms with Crippen molar-refractivity contribution in [2.75, 3.05) is 32.7 Å². The highest BCUT2D eigenvalue weighted by Crippen LogP contribution is 2.17.